The first kappa shape index (κ1) is 21.9. The molecule has 28 heavy (non-hydrogen) atoms. The second kappa shape index (κ2) is 9.66. The summed E-state index contributed by atoms with van der Waals surface area (Å²) in [6, 6.07) is 3.94. The molecule has 0 aromatic heterocycles. The lowest BCUT2D eigenvalue weighted by Crippen LogP contribution is -2.49. The van der Waals surface area contributed by atoms with Crippen molar-refractivity contribution in [1.82, 2.24) is 9.80 Å². The standard InChI is InChI=1S/C21H31N3O4/c1-5-16(6-2)14-22(7-3)21(26)19-9-8-12-23(19)20(25)17-10-11-18(24(27)28)15(4)13-17/h10-11,13,16,19H,5-9,12,14H2,1-4H3. The van der Waals surface area contributed by atoms with Crippen LogP contribution >= 0.6 is 0 Å². The number of aryl methyl sites for hydroxylation is 1. The van der Waals surface area contributed by atoms with E-state index in [9.17, 15) is 19.7 Å². The van der Waals surface area contributed by atoms with Gasteiger partial charge in [0, 0.05) is 36.8 Å². The Balaban J connectivity index is 2.19. The average molecular weight is 389 g/mol. The van der Waals surface area contributed by atoms with Gasteiger partial charge in [-0.2, -0.15) is 0 Å². The van der Waals surface area contributed by atoms with Crippen LogP contribution in [0.2, 0.25) is 0 Å². The Labute approximate surface area is 166 Å². The highest BCUT2D eigenvalue weighted by Gasteiger charge is 2.37. The zero-order valence-electron chi connectivity index (χ0n) is 17.3. The smallest absolute Gasteiger partial charge is 0.272 e. The first-order valence-electron chi connectivity index (χ1n) is 10.2. The van der Waals surface area contributed by atoms with E-state index >= 15 is 0 Å². The summed E-state index contributed by atoms with van der Waals surface area (Å²) in [6.07, 6.45) is 3.50. The zero-order chi connectivity index (χ0) is 20.8. The maximum Gasteiger partial charge on any atom is 0.272 e. The van der Waals surface area contributed by atoms with Crippen molar-refractivity contribution in [1.29, 1.82) is 0 Å². The number of likely N-dealkylation sites (N-methyl/N-ethyl adjacent to an activating group) is 1. The quantitative estimate of drug-likeness (QED) is 0.500. The van der Waals surface area contributed by atoms with Gasteiger partial charge < -0.3 is 9.80 Å². The van der Waals surface area contributed by atoms with Crippen molar-refractivity contribution in [3.8, 4) is 0 Å². The summed E-state index contributed by atoms with van der Waals surface area (Å²) >= 11 is 0. The molecular formula is C21H31N3O4. The molecule has 1 unspecified atom stereocenters. The summed E-state index contributed by atoms with van der Waals surface area (Å²) in [7, 11) is 0. The van der Waals surface area contributed by atoms with Gasteiger partial charge in [-0.15, -0.1) is 0 Å². The van der Waals surface area contributed by atoms with E-state index in [1.807, 2.05) is 11.8 Å². The third-order valence-electron chi connectivity index (χ3n) is 5.77. The van der Waals surface area contributed by atoms with E-state index in [-0.39, 0.29) is 17.5 Å². The third-order valence-corrected chi connectivity index (χ3v) is 5.77. The van der Waals surface area contributed by atoms with Crippen molar-refractivity contribution in [2.24, 2.45) is 5.92 Å². The molecule has 0 bridgehead atoms. The minimum atomic E-state index is -0.456. The van der Waals surface area contributed by atoms with Crippen LogP contribution in [0.4, 0.5) is 5.69 Å². The number of rotatable bonds is 8. The van der Waals surface area contributed by atoms with E-state index in [0.717, 1.165) is 25.8 Å². The van der Waals surface area contributed by atoms with E-state index < -0.39 is 11.0 Å². The molecule has 1 fully saturated rings. The van der Waals surface area contributed by atoms with Crippen LogP contribution < -0.4 is 0 Å². The number of likely N-dealkylation sites (tertiary alicyclic amines) is 1. The molecule has 1 aliphatic heterocycles. The number of amides is 2. The number of hydrogen-bond acceptors (Lipinski definition) is 4. The highest BCUT2D eigenvalue weighted by molar-refractivity contribution is 5.98. The molecule has 0 saturated carbocycles. The zero-order valence-corrected chi connectivity index (χ0v) is 17.3. The SMILES string of the molecule is CCC(CC)CN(CC)C(=O)C1CCCN1C(=O)c1ccc([N+](=O)[O-])c(C)c1. The summed E-state index contributed by atoms with van der Waals surface area (Å²) < 4.78 is 0. The summed E-state index contributed by atoms with van der Waals surface area (Å²) in [5.74, 6) is 0.248. The predicted molar refractivity (Wildman–Crippen MR) is 108 cm³/mol. The molecule has 7 nitrogen and oxygen atoms in total. The van der Waals surface area contributed by atoms with Gasteiger partial charge in [0.15, 0.2) is 0 Å². The molecule has 0 N–H and O–H groups in total. The number of carbonyl (C=O) groups excluding carboxylic acids is 2. The average Bonchev–Trinajstić information content (AvgIpc) is 3.17. The number of carbonyl (C=O) groups is 2. The van der Waals surface area contributed by atoms with Gasteiger partial charge in [-0.3, -0.25) is 19.7 Å². The molecule has 1 heterocycles. The molecule has 0 radical (unpaired) electrons. The largest absolute Gasteiger partial charge is 0.341 e. The van der Waals surface area contributed by atoms with E-state index in [1.165, 1.54) is 12.1 Å². The molecule has 7 heteroatoms. The van der Waals surface area contributed by atoms with Crippen LogP contribution in [0.1, 0.15) is 62.4 Å². The van der Waals surface area contributed by atoms with Crippen molar-refractivity contribution in [3.63, 3.8) is 0 Å². The van der Waals surface area contributed by atoms with Gasteiger partial charge in [-0.25, -0.2) is 0 Å². The van der Waals surface area contributed by atoms with E-state index in [1.54, 1.807) is 17.9 Å². The Bertz CT molecular complexity index is 730. The van der Waals surface area contributed by atoms with Crippen LogP contribution in [0.15, 0.2) is 18.2 Å². The summed E-state index contributed by atoms with van der Waals surface area (Å²) in [6.45, 7) is 9.75. The molecule has 2 rings (SSSR count). The monoisotopic (exact) mass is 389 g/mol. The van der Waals surface area contributed by atoms with Gasteiger partial charge in [0.2, 0.25) is 5.91 Å². The lowest BCUT2D eigenvalue weighted by atomic mass is 10.0. The highest BCUT2D eigenvalue weighted by atomic mass is 16.6. The maximum atomic E-state index is 13.1. The van der Waals surface area contributed by atoms with E-state index in [2.05, 4.69) is 13.8 Å². The van der Waals surface area contributed by atoms with Crippen LogP contribution in [0.25, 0.3) is 0 Å². The lowest BCUT2D eigenvalue weighted by molar-refractivity contribution is -0.385. The fourth-order valence-electron chi connectivity index (χ4n) is 3.87. The molecule has 1 aromatic rings. The maximum absolute atomic E-state index is 13.1. The molecule has 1 saturated heterocycles. The fourth-order valence-corrected chi connectivity index (χ4v) is 3.87. The Morgan fingerprint density at radius 1 is 1.29 bits per heavy atom. The topological polar surface area (TPSA) is 83.8 Å². The first-order valence-corrected chi connectivity index (χ1v) is 10.2. The van der Waals surface area contributed by atoms with Crippen LogP contribution in [0.3, 0.4) is 0 Å². The van der Waals surface area contributed by atoms with Crippen molar-refractivity contribution in [2.75, 3.05) is 19.6 Å². The molecular weight excluding hydrogens is 358 g/mol. The van der Waals surface area contributed by atoms with Crippen molar-refractivity contribution < 1.29 is 14.5 Å². The Kier molecular flexibility index (Phi) is 7.54. The summed E-state index contributed by atoms with van der Waals surface area (Å²) in [4.78, 5) is 40.2. The summed E-state index contributed by atoms with van der Waals surface area (Å²) in [5, 5.41) is 11.0. The summed E-state index contributed by atoms with van der Waals surface area (Å²) in [5.41, 5.74) is 0.834. The first-order chi connectivity index (χ1) is 13.3. The van der Waals surface area contributed by atoms with Crippen molar-refractivity contribution in [2.45, 2.75) is 59.4 Å². The van der Waals surface area contributed by atoms with Gasteiger partial charge in [0.1, 0.15) is 6.04 Å². The molecule has 2 amide bonds. The lowest BCUT2D eigenvalue weighted by Gasteiger charge is -2.31. The number of benzene rings is 1. The molecule has 154 valence electrons. The fraction of sp³-hybridized carbons (Fsp3) is 0.619. The van der Waals surface area contributed by atoms with Crippen LogP contribution in [-0.4, -0.2) is 52.2 Å². The molecule has 1 aromatic carbocycles. The van der Waals surface area contributed by atoms with Crippen molar-refractivity contribution >= 4 is 17.5 Å². The van der Waals surface area contributed by atoms with Gasteiger partial charge in [0.05, 0.1) is 4.92 Å². The second-order valence-corrected chi connectivity index (χ2v) is 7.47. The molecule has 1 aliphatic rings. The molecule has 0 aliphatic carbocycles. The van der Waals surface area contributed by atoms with Crippen molar-refractivity contribution in [3.05, 3.63) is 39.4 Å². The van der Waals surface area contributed by atoms with Gasteiger partial charge in [-0.1, -0.05) is 26.7 Å². The third kappa shape index (κ3) is 4.69. The van der Waals surface area contributed by atoms with Gasteiger partial charge in [0.25, 0.3) is 11.6 Å². The van der Waals surface area contributed by atoms with Crippen LogP contribution in [0, 0.1) is 23.0 Å². The normalized spacial score (nSPS) is 16.5. The highest BCUT2D eigenvalue weighted by Crippen LogP contribution is 2.25. The Morgan fingerprint density at radius 2 is 1.96 bits per heavy atom. The van der Waals surface area contributed by atoms with Gasteiger partial charge in [-0.05, 0) is 44.7 Å². The number of hydrogen-bond donors (Lipinski definition) is 0. The van der Waals surface area contributed by atoms with E-state index in [4.69, 9.17) is 0 Å². The number of nitro groups is 1. The minimum absolute atomic E-state index is 0.00655. The van der Waals surface area contributed by atoms with Gasteiger partial charge >= 0.3 is 0 Å². The predicted octanol–water partition coefficient (Wildman–Crippen LogP) is 3.79. The van der Waals surface area contributed by atoms with Crippen LogP contribution in [-0.2, 0) is 4.79 Å². The number of nitrogens with zero attached hydrogens (tertiary/aromatic N) is 3. The second-order valence-electron chi connectivity index (χ2n) is 7.47. The van der Waals surface area contributed by atoms with E-state index in [0.29, 0.717) is 36.6 Å². The Hall–Kier alpha value is -2.44. The minimum Gasteiger partial charge on any atom is -0.341 e. The molecule has 0 spiro atoms. The molecule has 1 atom stereocenters. The van der Waals surface area contributed by atoms with Crippen LogP contribution in [0.5, 0.6) is 0 Å². The Morgan fingerprint density at radius 3 is 2.50 bits per heavy atom. The number of nitro benzene ring substituents is 1.